The molecule has 0 aliphatic carbocycles. The predicted molar refractivity (Wildman–Crippen MR) is 95.4 cm³/mol. The number of rotatable bonds is 4. The molecule has 0 aliphatic heterocycles. The summed E-state index contributed by atoms with van der Waals surface area (Å²) in [4.78, 5) is 12.3. The summed E-state index contributed by atoms with van der Waals surface area (Å²) in [6, 6.07) is 6.34. The fourth-order valence-electron chi connectivity index (χ4n) is 2.79. The zero-order valence-electron chi connectivity index (χ0n) is 15.3. The molecular formula is C19H26FN3O. The number of hydrogen-bond acceptors (Lipinski definition) is 2. The van der Waals surface area contributed by atoms with Gasteiger partial charge in [-0.1, -0.05) is 34.6 Å². The largest absolute Gasteiger partial charge is 0.309 e. The number of nitrogens with zero attached hydrogens (tertiary/aromatic N) is 2. The molecule has 0 aliphatic rings. The molecule has 1 aromatic heterocycles. The number of carbonyl (C=O) groups is 1. The minimum absolute atomic E-state index is 0.0480. The van der Waals surface area contributed by atoms with Gasteiger partial charge in [-0.15, -0.1) is 0 Å². The highest BCUT2D eigenvalue weighted by atomic mass is 19.1. The Balaban J connectivity index is 2.42. The molecular weight excluding hydrogens is 305 g/mol. The van der Waals surface area contributed by atoms with Gasteiger partial charge in [0, 0.05) is 24.6 Å². The van der Waals surface area contributed by atoms with Crippen molar-refractivity contribution in [2.45, 2.75) is 47.0 Å². The van der Waals surface area contributed by atoms with Gasteiger partial charge in [-0.25, -0.2) is 4.39 Å². The molecule has 4 nitrogen and oxygen atoms in total. The average Bonchev–Trinajstić information content (AvgIpc) is 2.73. The Morgan fingerprint density at radius 1 is 1.25 bits per heavy atom. The average molecular weight is 331 g/mol. The fourth-order valence-corrected chi connectivity index (χ4v) is 2.79. The number of amides is 1. The molecule has 0 radical (unpaired) electrons. The minimum atomic E-state index is -0.272. The number of aryl methyl sites for hydroxylation is 1. The Kier molecular flexibility index (Phi) is 5.11. The van der Waals surface area contributed by atoms with Crippen LogP contribution in [0, 0.1) is 11.2 Å². The third-order valence-electron chi connectivity index (χ3n) is 3.73. The van der Waals surface area contributed by atoms with Gasteiger partial charge in [0.15, 0.2) is 5.82 Å². The number of hydrogen-bond donors (Lipinski definition) is 1. The summed E-state index contributed by atoms with van der Waals surface area (Å²) in [5.41, 5.74) is 2.66. The van der Waals surface area contributed by atoms with Gasteiger partial charge < -0.3 is 5.32 Å². The second-order valence-corrected chi connectivity index (χ2v) is 7.68. The van der Waals surface area contributed by atoms with Crippen LogP contribution >= 0.6 is 0 Å². The first kappa shape index (κ1) is 18.2. The predicted octanol–water partition coefficient (Wildman–Crippen LogP) is 4.72. The van der Waals surface area contributed by atoms with E-state index in [1.807, 2.05) is 27.8 Å². The lowest BCUT2D eigenvalue weighted by Gasteiger charge is -2.17. The van der Waals surface area contributed by atoms with E-state index in [0.717, 1.165) is 16.8 Å². The summed E-state index contributed by atoms with van der Waals surface area (Å²) in [7, 11) is 1.84. The number of aromatic nitrogens is 2. The molecule has 0 fully saturated rings. The standard InChI is InChI=1S/C19H26FN3O/c1-12(2)16-17(13-7-9-14(20)10-8-13)23(6)22-18(16)21-15(24)11-19(3,4)5/h7-10,12H,11H2,1-6H3,(H,21,22,24). The molecule has 24 heavy (non-hydrogen) atoms. The minimum Gasteiger partial charge on any atom is -0.309 e. The van der Waals surface area contributed by atoms with E-state index in [0.29, 0.717) is 12.2 Å². The van der Waals surface area contributed by atoms with Crippen LogP contribution < -0.4 is 5.32 Å². The summed E-state index contributed by atoms with van der Waals surface area (Å²) >= 11 is 0. The molecule has 0 spiro atoms. The van der Waals surface area contributed by atoms with E-state index in [-0.39, 0.29) is 23.1 Å². The van der Waals surface area contributed by atoms with E-state index in [9.17, 15) is 9.18 Å². The second kappa shape index (κ2) is 6.75. The van der Waals surface area contributed by atoms with Crippen molar-refractivity contribution in [2.75, 3.05) is 5.32 Å². The lowest BCUT2D eigenvalue weighted by atomic mass is 9.92. The van der Waals surface area contributed by atoms with E-state index in [2.05, 4.69) is 24.3 Å². The third kappa shape index (κ3) is 4.22. The van der Waals surface area contributed by atoms with Crippen LogP contribution in [0.2, 0.25) is 0 Å². The topological polar surface area (TPSA) is 46.9 Å². The first-order valence-corrected chi connectivity index (χ1v) is 8.21. The van der Waals surface area contributed by atoms with Crippen molar-refractivity contribution < 1.29 is 9.18 Å². The van der Waals surface area contributed by atoms with E-state index in [1.54, 1.807) is 16.8 Å². The Hall–Kier alpha value is -2.17. The second-order valence-electron chi connectivity index (χ2n) is 7.68. The lowest BCUT2D eigenvalue weighted by Crippen LogP contribution is -2.20. The van der Waals surface area contributed by atoms with Crippen molar-refractivity contribution in [3.05, 3.63) is 35.6 Å². The van der Waals surface area contributed by atoms with Crippen molar-refractivity contribution in [1.82, 2.24) is 9.78 Å². The highest BCUT2D eigenvalue weighted by Crippen LogP contribution is 2.35. The smallest absolute Gasteiger partial charge is 0.226 e. The maximum Gasteiger partial charge on any atom is 0.226 e. The van der Waals surface area contributed by atoms with Crippen LogP contribution in [0.3, 0.4) is 0 Å². The molecule has 2 rings (SSSR count). The molecule has 0 unspecified atom stereocenters. The first-order valence-electron chi connectivity index (χ1n) is 8.21. The normalized spacial score (nSPS) is 11.8. The quantitative estimate of drug-likeness (QED) is 0.881. The van der Waals surface area contributed by atoms with Crippen molar-refractivity contribution in [3.63, 3.8) is 0 Å². The molecule has 1 aromatic carbocycles. The Morgan fingerprint density at radius 3 is 2.33 bits per heavy atom. The number of halogens is 1. The SMILES string of the molecule is CC(C)c1c(NC(=O)CC(C)(C)C)nn(C)c1-c1ccc(F)cc1. The summed E-state index contributed by atoms with van der Waals surface area (Å²) < 4.78 is 15.0. The van der Waals surface area contributed by atoms with Crippen molar-refractivity contribution in [1.29, 1.82) is 0 Å². The van der Waals surface area contributed by atoms with E-state index >= 15 is 0 Å². The van der Waals surface area contributed by atoms with Crippen LogP contribution in [0.25, 0.3) is 11.3 Å². The molecule has 130 valence electrons. The monoisotopic (exact) mass is 331 g/mol. The third-order valence-corrected chi connectivity index (χ3v) is 3.73. The molecule has 5 heteroatoms. The van der Waals surface area contributed by atoms with Crippen LogP contribution in [0.1, 0.15) is 52.5 Å². The molecule has 0 atom stereocenters. The lowest BCUT2D eigenvalue weighted by molar-refractivity contribution is -0.117. The van der Waals surface area contributed by atoms with Crippen LogP contribution in [-0.4, -0.2) is 15.7 Å². The Bertz CT molecular complexity index is 724. The van der Waals surface area contributed by atoms with Crippen LogP contribution in [0.4, 0.5) is 10.2 Å². The van der Waals surface area contributed by atoms with Gasteiger partial charge in [-0.2, -0.15) is 5.10 Å². The van der Waals surface area contributed by atoms with Gasteiger partial charge in [-0.3, -0.25) is 9.48 Å². The van der Waals surface area contributed by atoms with Crippen molar-refractivity contribution in [2.24, 2.45) is 12.5 Å². The molecule has 0 bridgehead atoms. The van der Waals surface area contributed by atoms with Crippen LogP contribution in [0.5, 0.6) is 0 Å². The summed E-state index contributed by atoms with van der Waals surface area (Å²) in [5, 5.41) is 7.44. The highest BCUT2D eigenvalue weighted by Gasteiger charge is 2.23. The van der Waals surface area contributed by atoms with Crippen LogP contribution in [0.15, 0.2) is 24.3 Å². The van der Waals surface area contributed by atoms with Gasteiger partial charge in [0.1, 0.15) is 5.82 Å². The van der Waals surface area contributed by atoms with Gasteiger partial charge in [0.2, 0.25) is 5.91 Å². The van der Waals surface area contributed by atoms with Crippen molar-refractivity contribution in [3.8, 4) is 11.3 Å². The van der Waals surface area contributed by atoms with E-state index in [1.165, 1.54) is 12.1 Å². The van der Waals surface area contributed by atoms with Crippen molar-refractivity contribution >= 4 is 11.7 Å². The zero-order chi connectivity index (χ0) is 18.1. The number of anilines is 1. The van der Waals surface area contributed by atoms with Gasteiger partial charge in [0.25, 0.3) is 0 Å². The number of carbonyl (C=O) groups excluding carboxylic acids is 1. The zero-order valence-corrected chi connectivity index (χ0v) is 15.3. The molecule has 1 N–H and O–H groups in total. The van der Waals surface area contributed by atoms with E-state index in [4.69, 9.17) is 0 Å². The van der Waals surface area contributed by atoms with Gasteiger partial charge in [0.05, 0.1) is 5.69 Å². The van der Waals surface area contributed by atoms with Gasteiger partial charge in [-0.05, 0) is 35.6 Å². The molecule has 0 saturated heterocycles. The maximum atomic E-state index is 13.2. The molecule has 0 saturated carbocycles. The fraction of sp³-hybridized carbons (Fsp3) is 0.474. The summed E-state index contributed by atoms with van der Waals surface area (Å²) in [6.07, 6.45) is 0.424. The summed E-state index contributed by atoms with van der Waals surface area (Å²) in [5.74, 6) is 0.434. The molecule has 1 heterocycles. The summed E-state index contributed by atoms with van der Waals surface area (Å²) in [6.45, 7) is 10.2. The Labute approximate surface area is 143 Å². The highest BCUT2D eigenvalue weighted by molar-refractivity contribution is 5.92. The van der Waals surface area contributed by atoms with Crippen LogP contribution in [-0.2, 0) is 11.8 Å². The first-order chi connectivity index (χ1) is 11.1. The molecule has 2 aromatic rings. The number of nitrogens with one attached hydrogen (secondary N) is 1. The molecule has 1 amide bonds. The van der Waals surface area contributed by atoms with Gasteiger partial charge >= 0.3 is 0 Å². The Morgan fingerprint density at radius 2 is 1.83 bits per heavy atom. The van der Waals surface area contributed by atoms with E-state index < -0.39 is 0 Å². The maximum absolute atomic E-state index is 13.2. The number of benzene rings is 1.